The van der Waals surface area contributed by atoms with Crippen LogP contribution in [0.15, 0.2) is 64.2 Å². The summed E-state index contributed by atoms with van der Waals surface area (Å²) in [7, 11) is 0. The second-order valence-corrected chi connectivity index (χ2v) is 5.86. The summed E-state index contributed by atoms with van der Waals surface area (Å²) >= 11 is 3.36. The topological polar surface area (TPSA) is 49.7 Å². The summed E-state index contributed by atoms with van der Waals surface area (Å²) in [6.07, 6.45) is 0. The monoisotopic (exact) mass is 356 g/mol. The molecule has 5 heteroatoms. The van der Waals surface area contributed by atoms with E-state index in [2.05, 4.69) is 21.0 Å². The molecule has 0 N–H and O–H groups in total. The number of carbonyl (C=O) groups is 2. The zero-order chi connectivity index (χ0) is 15.7. The number of anilines is 1. The highest BCUT2D eigenvalue weighted by atomic mass is 79.9. The standard InChI is InChI=1S/C17H13BrN2O2/c1-11-15(16(21)13-9-5-6-10-14(13)18)17(22)20(19-11)12-7-3-2-4-8-12/h2-10,15H,1H3/t15-/m0/s1. The van der Waals surface area contributed by atoms with Crippen LogP contribution < -0.4 is 5.01 Å². The second-order valence-electron chi connectivity index (χ2n) is 5.00. The number of carbonyl (C=O) groups excluding carboxylic acids is 2. The molecule has 0 bridgehead atoms. The Kier molecular flexibility index (Phi) is 3.90. The SMILES string of the molecule is CC1=NN(c2ccccc2)C(=O)[C@@H]1C(=O)c1ccccc1Br. The average Bonchev–Trinajstić information content (AvgIpc) is 2.83. The minimum Gasteiger partial charge on any atom is -0.293 e. The lowest BCUT2D eigenvalue weighted by molar-refractivity contribution is -0.118. The van der Waals surface area contributed by atoms with E-state index in [4.69, 9.17) is 0 Å². The van der Waals surface area contributed by atoms with Crippen LogP contribution in [0.25, 0.3) is 0 Å². The van der Waals surface area contributed by atoms with Crippen molar-refractivity contribution in [3.8, 4) is 0 Å². The minimum absolute atomic E-state index is 0.239. The fourth-order valence-corrected chi connectivity index (χ4v) is 2.92. The van der Waals surface area contributed by atoms with Crippen molar-refractivity contribution < 1.29 is 9.59 Å². The highest BCUT2D eigenvalue weighted by Crippen LogP contribution is 2.28. The van der Waals surface area contributed by atoms with Crippen molar-refractivity contribution in [3.05, 3.63) is 64.6 Å². The normalized spacial score (nSPS) is 17.5. The zero-order valence-electron chi connectivity index (χ0n) is 11.9. The summed E-state index contributed by atoms with van der Waals surface area (Å²) < 4.78 is 0.679. The van der Waals surface area contributed by atoms with Gasteiger partial charge >= 0.3 is 0 Å². The molecule has 1 heterocycles. The maximum absolute atomic E-state index is 12.7. The van der Waals surface area contributed by atoms with Gasteiger partial charge in [-0.3, -0.25) is 9.59 Å². The molecule has 2 aromatic rings. The Balaban J connectivity index is 1.94. The van der Waals surface area contributed by atoms with E-state index < -0.39 is 5.92 Å². The molecule has 3 rings (SSSR count). The van der Waals surface area contributed by atoms with E-state index in [-0.39, 0.29) is 11.7 Å². The first-order chi connectivity index (χ1) is 10.6. The molecule has 0 aromatic heterocycles. The Labute approximate surface area is 136 Å². The molecule has 0 fully saturated rings. The highest BCUT2D eigenvalue weighted by molar-refractivity contribution is 9.10. The number of rotatable bonds is 3. The summed E-state index contributed by atoms with van der Waals surface area (Å²) in [6.45, 7) is 1.71. The molecule has 1 aliphatic heterocycles. The van der Waals surface area contributed by atoms with Crippen LogP contribution in [0.3, 0.4) is 0 Å². The number of halogens is 1. The van der Waals surface area contributed by atoms with Gasteiger partial charge < -0.3 is 0 Å². The van der Waals surface area contributed by atoms with Crippen molar-refractivity contribution in [2.24, 2.45) is 11.0 Å². The lowest BCUT2D eigenvalue weighted by atomic mass is 9.93. The van der Waals surface area contributed by atoms with E-state index in [1.54, 1.807) is 37.3 Å². The van der Waals surface area contributed by atoms with Gasteiger partial charge in [-0.25, -0.2) is 0 Å². The van der Waals surface area contributed by atoms with Gasteiger partial charge in [-0.15, -0.1) is 0 Å². The van der Waals surface area contributed by atoms with Gasteiger partial charge in [0.2, 0.25) is 0 Å². The van der Waals surface area contributed by atoms with Gasteiger partial charge in [-0.1, -0.05) is 52.3 Å². The van der Waals surface area contributed by atoms with Crippen LogP contribution in [0.4, 0.5) is 5.69 Å². The lowest BCUT2D eigenvalue weighted by Gasteiger charge is -2.14. The number of Topliss-reactive ketones (excluding diaryl/α,β-unsaturated/α-hetero) is 1. The van der Waals surface area contributed by atoms with Gasteiger partial charge in [0.25, 0.3) is 5.91 Å². The molecule has 0 unspecified atom stereocenters. The fourth-order valence-electron chi connectivity index (χ4n) is 2.44. The predicted octanol–water partition coefficient (Wildman–Crippen LogP) is 3.67. The molecule has 4 nitrogen and oxygen atoms in total. The summed E-state index contributed by atoms with van der Waals surface area (Å²) in [6, 6.07) is 16.2. The molecule has 1 atom stereocenters. The fraction of sp³-hybridized carbons (Fsp3) is 0.118. The van der Waals surface area contributed by atoms with Crippen LogP contribution >= 0.6 is 15.9 Å². The van der Waals surface area contributed by atoms with Gasteiger partial charge in [0.1, 0.15) is 5.92 Å². The van der Waals surface area contributed by atoms with Gasteiger partial charge in [-0.05, 0) is 25.1 Å². The number of benzene rings is 2. The van der Waals surface area contributed by atoms with E-state index in [9.17, 15) is 9.59 Å². The molecule has 0 saturated heterocycles. The summed E-state index contributed by atoms with van der Waals surface area (Å²) in [4.78, 5) is 25.3. The number of amides is 1. The Bertz CT molecular complexity index is 771. The number of ketones is 1. The quantitative estimate of drug-likeness (QED) is 0.622. The van der Waals surface area contributed by atoms with Crippen molar-refractivity contribution in [2.75, 3.05) is 5.01 Å². The number of hydrazone groups is 1. The third-order valence-corrected chi connectivity index (χ3v) is 4.22. The van der Waals surface area contributed by atoms with Crippen LogP contribution in [0.1, 0.15) is 17.3 Å². The third kappa shape index (κ3) is 2.48. The zero-order valence-corrected chi connectivity index (χ0v) is 13.4. The number of nitrogens with zero attached hydrogens (tertiary/aromatic N) is 2. The molecule has 0 spiro atoms. The molecule has 2 aromatic carbocycles. The number of hydrogen-bond donors (Lipinski definition) is 0. The Morgan fingerprint density at radius 3 is 2.41 bits per heavy atom. The van der Waals surface area contributed by atoms with Crippen LogP contribution in [0.5, 0.6) is 0 Å². The van der Waals surface area contributed by atoms with E-state index in [0.717, 1.165) is 0 Å². The van der Waals surface area contributed by atoms with Crippen LogP contribution in [0.2, 0.25) is 0 Å². The Morgan fingerprint density at radius 2 is 1.73 bits per heavy atom. The van der Waals surface area contributed by atoms with Crippen LogP contribution in [-0.4, -0.2) is 17.4 Å². The maximum Gasteiger partial charge on any atom is 0.264 e. The van der Waals surface area contributed by atoms with Crippen molar-refractivity contribution >= 4 is 39.0 Å². The lowest BCUT2D eigenvalue weighted by Crippen LogP contribution is -2.32. The van der Waals surface area contributed by atoms with E-state index in [1.165, 1.54) is 5.01 Å². The summed E-state index contributed by atoms with van der Waals surface area (Å²) in [5.41, 5.74) is 1.66. The molecule has 0 saturated carbocycles. The van der Waals surface area contributed by atoms with Crippen molar-refractivity contribution in [1.29, 1.82) is 0 Å². The molecule has 1 amide bonds. The number of para-hydroxylation sites is 1. The highest BCUT2D eigenvalue weighted by Gasteiger charge is 2.40. The first-order valence-corrected chi connectivity index (χ1v) is 7.62. The van der Waals surface area contributed by atoms with Crippen molar-refractivity contribution in [3.63, 3.8) is 0 Å². The van der Waals surface area contributed by atoms with Gasteiger partial charge in [0, 0.05) is 10.0 Å². The van der Waals surface area contributed by atoms with Gasteiger partial charge in [0.05, 0.1) is 11.4 Å². The van der Waals surface area contributed by atoms with Crippen molar-refractivity contribution in [1.82, 2.24) is 0 Å². The maximum atomic E-state index is 12.7. The van der Waals surface area contributed by atoms with Gasteiger partial charge in [-0.2, -0.15) is 10.1 Å². The first kappa shape index (κ1) is 14.7. The molecule has 0 aliphatic carbocycles. The van der Waals surface area contributed by atoms with E-state index >= 15 is 0 Å². The van der Waals surface area contributed by atoms with Crippen molar-refractivity contribution in [2.45, 2.75) is 6.92 Å². The number of hydrogen-bond acceptors (Lipinski definition) is 3. The summed E-state index contributed by atoms with van der Waals surface area (Å²) in [5.74, 6) is -1.42. The smallest absolute Gasteiger partial charge is 0.264 e. The first-order valence-electron chi connectivity index (χ1n) is 6.82. The summed E-state index contributed by atoms with van der Waals surface area (Å²) in [5, 5.41) is 5.56. The molecule has 110 valence electrons. The van der Waals surface area contributed by atoms with E-state index in [0.29, 0.717) is 21.4 Å². The van der Waals surface area contributed by atoms with Gasteiger partial charge in [0.15, 0.2) is 5.78 Å². The largest absolute Gasteiger partial charge is 0.293 e. The molecule has 22 heavy (non-hydrogen) atoms. The third-order valence-electron chi connectivity index (χ3n) is 3.53. The minimum atomic E-state index is -0.862. The second kappa shape index (κ2) is 5.85. The Hall–Kier alpha value is -2.27. The molecular formula is C17H13BrN2O2. The van der Waals surface area contributed by atoms with Crippen LogP contribution in [-0.2, 0) is 4.79 Å². The van der Waals surface area contributed by atoms with Crippen LogP contribution in [0, 0.1) is 5.92 Å². The predicted molar refractivity (Wildman–Crippen MR) is 89.0 cm³/mol. The molecular weight excluding hydrogens is 344 g/mol. The van der Waals surface area contributed by atoms with E-state index in [1.807, 2.05) is 24.3 Å². The molecule has 1 aliphatic rings. The average molecular weight is 357 g/mol. The Morgan fingerprint density at radius 1 is 1.09 bits per heavy atom. The molecule has 0 radical (unpaired) electrons.